The van der Waals surface area contributed by atoms with Gasteiger partial charge in [-0.05, 0) is 55.3 Å². The van der Waals surface area contributed by atoms with Crippen molar-refractivity contribution in [3.63, 3.8) is 0 Å². The summed E-state index contributed by atoms with van der Waals surface area (Å²) < 4.78 is 53.1. The summed E-state index contributed by atoms with van der Waals surface area (Å²) in [6.07, 6.45) is 1.73. The average Bonchev–Trinajstić information content (AvgIpc) is 2.63. The summed E-state index contributed by atoms with van der Waals surface area (Å²) in [4.78, 5) is 13.8. The summed E-state index contributed by atoms with van der Waals surface area (Å²) >= 11 is 0. The average molecular weight is 395 g/mol. The minimum Gasteiger partial charge on any atom is -0.337 e. The van der Waals surface area contributed by atoms with Crippen molar-refractivity contribution in [3.05, 3.63) is 59.7 Å². The van der Waals surface area contributed by atoms with E-state index in [1.54, 1.807) is 4.90 Å². The lowest BCUT2D eigenvalue weighted by atomic mass is 10.1. The molecule has 1 saturated heterocycles. The first-order valence-corrected chi connectivity index (χ1v) is 9.87. The van der Waals surface area contributed by atoms with Crippen LogP contribution in [0.1, 0.15) is 23.2 Å². The standard InChI is InChI=1S/C18H19F2N3O3S/c19-16-8-7-15(10-17(16)20)27(25,26)22-14-5-3-12(4-6-14)18(24)23-9-1-2-13(21)11-23/h3-8,10,13,22H,1-2,9,11,21H2. The fraction of sp³-hybridized carbons (Fsp3) is 0.278. The van der Waals surface area contributed by atoms with Crippen molar-refractivity contribution in [1.29, 1.82) is 0 Å². The number of anilines is 1. The van der Waals surface area contributed by atoms with Gasteiger partial charge in [0, 0.05) is 30.4 Å². The van der Waals surface area contributed by atoms with Crippen LogP contribution in [0.5, 0.6) is 0 Å². The van der Waals surface area contributed by atoms with Gasteiger partial charge in [-0.3, -0.25) is 9.52 Å². The molecule has 0 radical (unpaired) electrons. The zero-order chi connectivity index (χ0) is 19.6. The van der Waals surface area contributed by atoms with E-state index in [1.807, 2.05) is 0 Å². The number of halogens is 2. The van der Waals surface area contributed by atoms with E-state index >= 15 is 0 Å². The fourth-order valence-corrected chi connectivity index (χ4v) is 3.99. The van der Waals surface area contributed by atoms with E-state index in [2.05, 4.69) is 4.72 Å². The number of piperidine rings is 1. The molecular formula is C18H19F2N3O3S. The predicted molar refractivity (Wildman–Crippen MR) is 96.7 cm³/mol. The Balaban J connectivity index is 1.73. The second kappa shape index (κ2) is 7.61. The number of rotatable bonds is 4. The molecule has 1 unspecified atom stereocenters. The SMILES string of the molecule is NC1CCCN(C(=O)c2ccc(NS(=O)(=O)c3ccc(F)c(F)c3)cc2)C1. The second-order valence-corrected chi connectivity index (χ2v) is 8.09. The number of likely N-dealkylation sites (tertiary alicyclic amines) is 1. The lowest BCUT2D eigenvalue weighted by Gasteiger charge is -2.30. The maximum atomic E-state index is 13.3. The minimum absolute atomic E-state index is 0.0371. The Bertz CT molecular complexity index is 949. The first kappa shape index (κ1) is 19.2. The number of nitrogens with two attached hydrogens (primary N) is 1. The molecule has 2 aromatic carbocycles. The van der Waals surface area contributed by atoms with Crippen molar-refractivity contribution >= 4 is 21.6 Å². The predicted octanol–water partition coefficient (Wildman–Crippen LogP) is 2.33. The number of carbonyl (C=O) groups is 1. The third-order valence-electron chi connectivity index (χ3n) is 4.33. The Hall–Kier alpha value is -2.52. The van der Waals surface area contributed by atoms with Gasteiger partial charge in [0.05, 0.1) is 4.90 Å². The molecule has 1 atom stereocenters. The van der Waals surface area contributed by atoms with Crippen LogP contribution in [0.25, 0.3) is 0 Å². The van der Waals surface area contributed by atoms with Crippen molar-refractivity contribution < 1.29 is 22.0 Å². The summed E-state index contributed by atoms with van der Waals surface area (Å²) in [6, 6.07) is 8.17. The zero-order valence-corrected chi connectivity index (χ0v) is 15.2. The van der Waals surface area contributed by atoms with Gasteiger partial charge >= 0.3 is 0 Å². The monoisotopic (exact) mass is 395 g/mol. The van der Waals surface area contributed by atoms with Gasteiger partial charge in [-0.25, -0.2) is 17.2 Å². The molecule has 0 bridgehead atoms. The molecule has 144 valence electrons. The van der Waals surface area contributed by atoms with Crippen molar-refractivity contribution in [2.75, 3.05) is 17.8 Å². The number of hydrogen-bond donors (Lipinski definition) is 2. The van der Waals surface area contributed by atoms with E-state index in [0.29, 0.717) is 24.7 Å². The molecule has 1 aliphatic rings. The lowest BCUT2D eigenvalue weighted by molar-refractivity contribution is 0.0709. The highest BCUT2D eigenvalue weighted by Crippen LogP contribution is 2.20. The Labute approximate surface area is 156 Å². The molecule has 0 aliphatic carbocycles. The molecule has 1 heterocycles. The summed E-state index contributed by atoms with van der Waals surface area (Å²) in [5.41, 5.74) is 6.51. The fourth-order valence-electron chi connectivity index (χ4n) is 2.92. The van der Waals surface area contributed by atoms with Crippen molar-refractivity contribution in [2.24, 2.45) is 5.73 Å². The van der Waals surface area contributed by atoms with Crippen LogP contribution >= 0.6 is 0 Å². The number of amides is 1. The highest BCUT2D eigenvalue weighted by molar-refractivity contribution is 7.92. The first-order valence-electron chi connectivity index (χ1n) is 8.39. The van der Waals surface area contributed by atoms with E-state index < -0.39 is 26.6 Å². The number of nitrogens with one attached hydrogen (secondary N) is 1. The largest absolute Gasteiger partial charge is 0.337 e. The minimum atomic E-state index is -4.08. The van der Waals surface area contributed by atoms with Gasteiger partial charge < -0.3 is 10.6 Å². The van der Waals surface area contributed by atoms with Crippen LogP contribution in [0.3, 0.4) is 0 Å². The summed E-state index contributed by atoms with van der Waals surface area (Å²) in [6.45, 7) is 1.13. The summed E-state index contributed by atoms with van der Waals surface area (Å²) in [5.74, 6) is -2.55. The Morgan fingerprint density at radius 3 is 2.44 bits per heavy atom. The van der Waals surface area contributed by atoms with Gasteiger partial charge in [-0.1, -0.05) is 0 Å². The van der Waals surface area contributed by atoms with Crippen LogP contribution in [-0.2, 0) is 10.0 Å². The quantitative estimate of drug-likeness (QED) is 0.831. The summed E-state index contributed by atoms with van der Waals surface area (Å²) in [7, 11) is -4.08. The van der Waals surface area contributed by atoms with E-state index in [0.717, 1.165) is 25.0 Å². The Kier molecular flexibility index (Phi) is 5.43. The molecule has 1 fully saturated rings. The molecule has 27 heavy (non-hydrogen) atoms. The van der Waals surface area contributed by atoms with Crippen LogP contribution in [0.4, 0.5) is 14.5 Å². The number of benzene rings is 2. The van der Waals surface area contributed by atoms with Crippen LogP contribution < -0.4 is 10.5 Å². The molecule has 2 aromatic rings. The maximum absolute atomic E-state index is 13.3. The van der Waals surface area contributed by atoms with E-state index in [4.69, 9.17) is 5.73 Å². The molecule has 9 heteroatoms. The van der Waals surface area contributed by atoms with Crippen LogP contribution in [0.15, 0.2) is 47.4 Å². The third-order valence-corrected chi connectivity index (χ3v) is 5.71. The van der Waals surface area contributed by atoms with E-state index in [1.165, 1.54) is 24.3 Å². The first-order chi connectivity index (χ1) is 12.8. The smallest absolute Gasteiger partial charge is 0.261 e. The highest BCUT2D eigenvalue weighted by Gasteiger charge is 2.22. The van der Waals surface area contributed by atoms with Crippen molar-refractivity contribution in [1.82, 2.24) is 4.90 Å². The second-order valence-electron chi connectivity index (χ2n) is 6.41. The summed E-state index contributed by atoms with van der Waals surface area (Å²) in [5, 5.41) is 0. The normalized spacial score (nSPS) is 17.6. The van der Waals surface area contributed by atoms with Gasteiger partial charge in [-0.15, -0.1) is 0 Å². The molecule has 3 rings (SSSR count). The topological polar surface area (TPSA) is 92.5 Å². The van der Waals surface area contributed by atoms with Crippen LogP contribution in [0, 0.1) is 11.6 Å². The van der Waals surface area contributed by atoms with Gasteiger partial charge in [0.2, 0.25) is 0 Å². The van der Waals surface area contributed by atoms with Gasteiger partial charge in [0.1, 0.15) is 0 Å². The molecule has 3 N–H and O–H groups in total. The molecule has 0 spiro atoms. The zero-order valence-electron chi connectivity index (χ0n) is 14.4. The molecular weight excluding hydrogens is 376 g/mol. The number of nitrogens with zero attached hydrogens (tertiary/aromatic N) is 1. The molecule has 1 amide bonds. The van der Waals surface area contributed by atoms with Gasteiger partial charge in [-0.2, -0.15) is 0 Å². The number of hydrogen-bond acceptors (Lipinski definition) is 4. The van der Waals surface area contributed by atoms with Crippen LogP contribution in [0.2, 0.25) is 0 Å². The lowest BCUT2D eigenvalue weighted by Crippen LogP contribution is -2.45. The number of carbonyl (C=O) groups excluding carboxylic acids is 1. The van der Waals surface area contributed by atoms with Crippen LogP contribution in [-0.4, -0.2) is 38.4 Å². The van der Waals surface area contributed by atoms with Gasteiger partial charge in [0.15, 0.2) is 11.6 Å². The highest BCUT2D eigenvalue weighted by atomic mass is 32.2. The van der Waals surface area contributed by atoms with Gasteiger partial charge in [0.25, 0.3) is 15.9 Å². The Morgan fingerprint density at radius 2 is 1.81 bits per heavy atom. The number of sulfonamides is 1. The van der Waals surface area contributed by atoms with Crippen molar-refractivity contribution in [3.8, 4) is 0 Å². The van der Waals surface area contributed by atoms with E-state index in [9.17, 15) is 22.0 Å². The maximum Gasteiger partial charge on any atom is 0.261 e. The molecule has 1 aliphatic heterocycles. The van der Waals surface area contributed by atoms with E-state index in [-0.39, 0.29) is 17.6 Å². The molecule has 6 nitrogen and oxygen atoms in total. The third kappa shape index (κ3) is 4.42. The van der Waals surface area contributed by atoms with Crippen molar-refractivity contribution in [2.45, 2.75) is 23.8 Å². The Morgan fingerprint density at radius 1 is 1.11 bits per heavy atom. The molecule has 0 aromatic heterocycles. The molecule has 0 saturated carbocycles.